The molecule has 102 valence electrons. The van der Waals surface area contributed by atoms with E-state index >= 15 is 0 Å². The number of ether oxygens (including phenoxy) is 1. The summed E-state index contributed by atoms with van der Waals surface area (Å²) in [5.41, 5.74) is 2.18. The fourth-order valence-electron chi connectivity index (χ4n) is 2.06. The zero-order valence-electron chi connectivity index (χ0n) is 11.4. The Bertz CT molecular complexity index is 505. The normalized spacial score (nSPS) is 12.4. The molecule has 0 fully saturated rings. The Kier molecular flexibility index (Phi) is 4.58. The van der Waals surface area contributed by atoms with Crippen LogP contribution in [0, 0.1) is 0 Å². The third-order valence-corrected chi connectivity index (χ3v) is 3.11. The molecule has 1 unspecified atom stereocenters. The summed E-state index contributed by atoms with van der Waals surface area (Å²) in [5, 5.41) is 14.3. The molecule has 2 aromatic rings. The first kappa shape index (κ1) is 13.6. The lowest BCUT2D eigenvalue weighted by molar-refractivity contribution is 0.175. The summed E-state index contributed by atoms with van der Waals surface area (Å²) in [6.45, 7) is 2.90. The van der Waals surface area contributed by atoms with Gasteiger partial charge in [0.2, 0.25) is 0 Å². The maximum Gasteiger partial charge on any atom is 0.118 e. The van der Waals surface area contributed by atoms with Crippen LogP contribution in [0.3, 0.4) is 0 Å². The summed E-state index contributed by atoms with van der Waals surface area (Å²) in [6, 6.07) is 7.80. The summed E-state index contributed by atoms with van der Waals surface area (Å²) in [5.74, 6) is 0.836. The molecule has 0 aliphatic rings. The molecule has 1 aromatic heterocycles. The van der Waals surface area contributed by atoms with Crippen molar-refractivity contribution in [1.82, 2.24) is 9.78 Å². The molecule has 4 nitrogen and oxygen atoms in total. The monoisotopic (exact) mass is 260 g/mol. The Labute approximate surface area is 113 Å². The van der Waals surface area contributed by atoms with Crippen LogP contribution in [0.4, 0.5) is 0 Å². The maximum atomic E-state index is 10.1. The Balaban J connectivity index is 1.90. The van der Waals surface area contributed by atoms with Gasteiger partial charge in [-0.1, -0.05) is 12.1 Å². The summed E-state index contributed by atoms with van der Waals surface area (Å²) >= 11 is 0. The van der Waals surface area contributed by atoms with Crippen LogP contribution in [-0.4, -0.2) is 28.1 Å². The molecule has 4 heteroatoms. The van der Waals surface area contributed by atoms with Gasteiger partial charge in [-0.05, 0) is 36.6 Å². The number of hydrogen-bond donors (Lipinski definition) is 1. The minimum absolute atomic E-state index is 0.386. The number of aliphatic hydroxyl groups is 1. The van der Waals surface area contributed by atoms with E-state index < -0.39 is 0 Å². The Morgan fingerprint density at radius 1 is 1.21 bits per heavy atom. The topological polar surface area (TPSA) is 47.3 Å². The molecular weight excluding hydrogens is 240 g/mol. The lowest BCUT2D eigenvalue weighted by Crippen LogP contribution is -2.13. The standard InChI is InChI=1S/C15H20N2O2/c1-3-17-11-13(10-16-17)9-14(18)8-12-4-6-15(19-2)7-5-12/h4-7,10-11,14,18H,3,8-9H2,1-2H3. The lowest BCUT2D eigenvalue weighted by atomic mass is 10.0. The second kappa shape index (κ2) is 6.38. The van der Waals surface area contributed by atoms with Crippen LogP contribution in [0.2, 0.25) is 0 Å². The van der Waals surface area contributed by atoms with E-state index in [1.165, 1.54) is 0 Å². The Hall–Kier alpha value is -1.81. The molecule has 0 saturated heterocycles. The van der Waals surface area contributed by atoms with Gasteiger partial charge in [0.15, 0.2) is 0 Å². The predicted octanol–water partition coefficient (Wildman–Crippen LogP) is 2.06. The van der Waals surface area contributed by atoms with Crippen molar-refractivity contribution in [3.8, 4) is 5.75 Å². The quantitative estimate of drug-likeness (QED) is 0.864. The van der Waals surface area contributed by atoms with Gasteiger partial charge >= 0.3 is 0 Å². The molecule has 0 aliphatic heterocycles. The molecular formula is C15H20N2O2. The summed E-state index contributed by atoms with van der Waals surface area (Å²) in [7, 11) is 1.65. The van der Waals surface area contributed by atoms with Crippen LogP contribution in [0.5, 0.6) is 5.75 Å². The van der Waals surface area contributed by atoms with Gasteiger partial charge in [0.1, 0.15) is 5.75 Å². The second-order valence-electron chi connectivity index (χ2n) is 4.61. The average Bonchev–Trinajstić information content (AvgIpc) is 2.87. The number of benzene rings is 1. The highest BCUT2D eigenvalue weighted by Gasteiger charge is 2.08. The lowest BCUT2D eigenvalue weighted by Gasteiger charge is -2.09. The van der Waals surface area contributed by atoms with Crippen molar-refractivity contribution in [2.45, 2.75) is 32.4 Å². The highest BCUT2D eigenvalue weighted by molar-refractivity contribution is 5.27. The highest BCUT2D eigenvalue weighted by Crippen LogP contribution is 2.14. The first-order valence-electron chi connectivity index (χ1n) is 6.53. The van der Waals surface area contributed by atoms with Crippen LogP contribution in [0.1, 0.15) is 18.1 Å². The number of aryl methyl sites for hydroxylation is 1. The van der Waals surface area contributed by atoms with Crippen LogP contribution >= 0.6 is 0 Å². The van der Waals surface area contributed by atoms with Gasteiger partial charge in [-0.15, -0.1) is 0 Å². The van der Waals surface area contributed by atoms with Crippen molar-refractivity contribution in [2.24, 2.45) is 0 Å². The molecule has 0 spiro atoms. The summed E-state index contributed by atoms with van der Waals surface area (Å²) in [6.07, 6.45) is 4.69. The van der Waals surface area contributed by atoms with E-state index in [1.807, 2.05) is 48.3 Å². The van der Waals surface area contributed by atoms with Crippen molar-refractivity contribution in [3.05, 3.63) is 47.8 Å². The third-order valence-electron chi connectivity index (χ3n) is 3.11. The van der Waals surface area contributed by atoms with E-state index in [9.17, 15) is 5.11 Å². The van der Waals surface area contributed by atoms with E-state index in [4.69, 9.17) is 4.74 Å². The van der Waals surface area contributed by atoms with E-state index in [2.05, 4.69) is 5.10 Å². The predicted molar refractivity (Wildman–Crippen MR) is 74.3 cm³/mol. The molecule has 1 atom stereocenters. The summed E-state index contributed by atoms with van der Waals surface area (Å²) < 4.78 is 6.98. The average molecular weight is 260 g/mol. The molecule has 0 bridgehead atoms. The number of rotatable bonds is 6. The van der Waals surface area contributed by atoms with Crippen molar-refractivity contribution in [2.75, 3.05) is 7.11 Å². The number of aliphatic hydroxyl groups excluding tert-OH is 1. The smallest absolute Gasteiger partial charge is 0.118 e. The zero-order chi connectivity index (χ0) is 13.7. The molecule has 1 N–H and O–H groups in total. The maximum absolute atomic E-state index is 10.1. The summed E-state index contributed by atoms with van der Waals surface area (Å²) in [4.78, 5) is 0. The van der Waals surface area contributed by atoms with Crippen molar-refractivity contribution >= 4 is 0 Å². The third kappa shape index (κ3) is 3.83. The fraction of sp³-hybridized carbons (Fsp3) is 0.400. The van der Waals surface area contributed by atoms with Gasteiger partial charge in [0.25, 0.3) is 0 Å². The number of aromatic nitrogens is 2. The molecule has 0 saturated carbocycles. The number of nitrogens with zero attached hydrogens (tertiary/aromatic N) is 2. The minimum Gasteiger partial charge on any atom is -0.497 e. The number of hydrogen-bond acceptors (Lipinski definition) is 3. The van der Waals surface area contributed by atoms with Gasteiger partial charge < -0.3 is 9.84 Å². The first-order valence-corrected chi connectivity index (χ1v) is 6.53. The molecule has 19 heavy (non-hydrogen) atoms. The van der Waals surface area contributed by atoms with E-state index in [-0.39, 0.29) is 6.10 Å². The van der Waals surface area contributed by atoms with E-state index in [0.29, 0.717) is 12.8 Å². The van der Waals surface area contributed by atoms with E-state index in [1.54, 1.807) is 7.11 Å². The molecule has 0 aliphatic carbocycles. The highest BCUT2D eigenvalue weighted by atomic mass is 16.5. The molecule has 2 rings (SSSR count). The molecule has 0 radical (unpaired) electrons. The van der Waals surface area contributed by atoms with Crippen LogP contribution in [0.15, 0.2) is 36.7 Å². The number of methoxy groups -OCH3 is 1. The Morgan fingerprint density at radius 3 is 2.47 bits per heavy atom. The minimum atomic E-state index is -0.386. The fourth-order valence-corrected chi connectivity index (χ4v) is 2.06. The van der Waals surface area contributed by atoms with Gasteiger partial charge in [0.05, 0.1) is 19.4 Å². The first-order chi connectivity index (χ1) is 9.21. The van der Waals surface area contributed by atoms with Crippen LogP contribution in [0.25, 0.3) is 0 Å². The second-order valence-corrected chi connectivity index (χ2v) is 4.61. The Morgan fingerprint density at radius 2 is 1.89 bits per heavy atom. The van der Waals surface area contributed by atoms with E-state index in [0.717, 1.165) is 23.4 Å². The van der Waals surface area contributed by atoms with Crippen molar-refractivity contribution in [1.29, 1.82) is 0 Å². The molecule has 0 amide bonds. The van der Waals surface area contributed by atoms with Crippen molar-refractivity contribution < 1.29 is 9.84 Å². The molecule has 1 heterocycles. The van der Waals surface area contributed by atoms with Gasteiger partial charge in [0, 0.05) is 19.2 Å². The van der Waals surface area contributed by atoms with Crippen molar-refractivity contribution in [3.63, 3.8) is 0 Å². The van der Waals surface area contributed by atoms with Gasteiger partial charge in [-0.25, -0.2) is 0 Å². The van der Waals surface area contributed by atoms with Crippen LogP contribution in [-0.2, 0) is 19.4 Å². The molecule has 1 aromatic carbocycles. The van der Waals surface area contributed by atoms with Gasteiger partial charge in [-0.2, -0.15) is 5.10 Å². The largest absolute Gasteiger partial charge is 0.497 e. The zero-order valence-corrected chi connectivity index (χ0v) is 11.4. The van der Waals surface area contributed by atoms with Gasteiger partial charge in [-0.3, -0.25) is 4.68 Å². The van der Waals surface area contributed by atoms with Crippen LogP contribution < -0.4 is 4.74 Å². The SMILES string of the molecule is CCn1cc(CC(O)Cc2ccc(OC)cc2)cn1.